The predicted octanol–water partition coefficient (Wildman–Crippen LogP) is 6.99. The second-order valence-electron chi connectivity index (χ2n) is 8.70. The number of halogens is 2. The number of ether oxygens (including phenoxy) is 1. The van der Waals surface area contributed by atoms with Gasteiger partial charge in [0.15, 0.2) is 11.5 Å². The van der Waals surface area contributed by atoms with Gasteiger partial charge in [-0.2, -0.15) is 0 Å². The Hall–Kier alpha value is -2.74. The van der Waals surface area contributed by atoms with Crippen molar-refractivity contribution in [3.05, 3.63) is 40.6 Å². The van der Waals surface area contributed by atoms with E-state index in [1.54, 1.807) is 45.0 Å². The Kier molecular flexibility index (Phi) is 14.2. The van der Waals surface area contributed by atoms with E-state index < -0.39 is 29.7 Å². The van der Waals surface area contributed by atoms with Gasteiger partial charge in [-0.05, 0) is 58.2 Å². The van der Waals surface area contributed by atoms with Crippen LogP contribution in [0.5, 0.6) is 0 Å². The number of Topliss-reactive ketones (excluding diaryl/α,β-unsaturated/α-hetero) is 1. The molecule has 2 amide bonds. The van der Waals surface area contributed by atoms with Gasteiger partial charge >= 0.3 is 6.09 Å². The van der Waals surface area contributed by atoms with E-state index in [-0.39, 0.29) is 36.5 Å². The third kappa shape index (κ3) is 10.5. The number of nitrogens with two attached hydrogens (primary N) is 1. The lowest BCUT2D eigenvalue weighted by atomic mass is 9.79. The number of nitrogens with one attached hydrogen (secondary N) is 1. The highest BCUT2D eigenvalue weighted by molar-refractivity contribution is 6.30. The zero-order chi connectivity index (χ0) is 28.1. The van der Waals surface area contributed by atoms with Crippen LogP contribution in [0.3, 0.4) is 0 Å². The highest BCUT2D eigenvalue weighted by Crippen LogP contribution is 2.36. The number of carbonyl (C=O) groups excluding carboxylic acids is 3. The molecule has 1 aromatic carbocycles. The number of nitrogens with zero attached hydrogens (tertiary/aromatic N) is 1. The summed E-state index contributed by atoms with van der Waals surface area (Å²) >= 11 is 6.02. The molecule has 1 unspecified atom stereocenters. The molecule has 0 saturated heterocycles. The molecule has 0 aliphatic heterocycles. The first-order chi connectivity index (χ1) is 16.8. The number of carbonyl (C=O) groups is 3. The van der Waals surface area contributed by atoms with Gasteiger partial charge in [0.25, 0.3) is 5.91 Å². The molecule has 0 radical (unpaired) electrons. The summed E-state index contributed by atoms with van der Waals surface area (Å²) in [7, 11) is 0. The van der Waals surface area contributed by atoms with E-state index in [2.05, 4.69) is 4.99 Å². The maximum Gasteiger partial charge on any atom is 0.414 e. The lowest BCUT2D eigenvalue weighted by Gasteiger charge is -2.31. The average Bonchev–Trinajstić information content (AvgIpc) is 2.80. The average molecular weight is 526 g/mol. The van der Waals surface area contributed by atoms with E-state index >= 15 is 4.39 Å². The smallest absolute Gasteiger partial charge is 0.414 e. The lowest BCUT2D eigenvalue weighted by molar-refractivity contribution is -0.132. The lowest BCUT2D eigenvalue weighted by Crippen LogP contribution is -2.50. The number of benzene rings is 1. The molecule has 2 rings (SSSR count). The molecule has 0 heterocycles. The zero-order valence-electron chi connectivity index (χ0n) is 22.8. The van der Waals surface area contributed by atoms with Gasteiger partial charge in [0.2, 0.25) is 0 Å². The Morgan fingerprint density at radius 3 is 2.33 bits per heavy atom. The molecule has 1 saturated carbocycles. The largest absolute Gasteiger partial charge is 0.444 e. The van der Waals surface area contributed by atoms with Crippen LogP contribution in [0, 0.1) is 0 Å². The molecule has 1 fully saturated rings. The number of hydrogen-bond donors (Lipinski definition) is 2. The Morgan fingerprint density at radius 1 is 1.19 bits per heavy atom. The van der Waals surface area contributed by atoms with Crippen molar-refractivity contribution in [3.8, 4) is 0 Å². The quantitative estimate of drug-likeness (QED) is 0.402. The molecule has 36 heavy (non-hydrogen) atoms. The summed E-state index contributed by atoms with van der Waals surface area (Å²) in [6, 6.07) is 6.58. The normalized spacial score (nSPS) is 19.7. The van der Waals surface area contributed by atoms with Gasteiger partial charge < -0.3 is 10.5 Å². The fraction of sp³-hybridized carbons (Fsp3) is 0.556. The van der Waals surface area contributed by atoms with Gasteiger partial charge in [-0.3, -0.25) is 19.9 Å². The molecule has 202 valence electrons. The summed E-state index contributed by atoms with van der Waals surface area (Å²) in [5.74, 6) is -1.38. The third-order valence-electron chi connectivity index (χ3n) is 4.76. The summed E-state index contributed by atoms with van der Waals surface area (Å²) in [6.07, 6.45) is -0.876. The van der Waals surface area contributed by atoms with E-state index in [1.165, 1.54) is 0 Å². The second-order valence-corrected chi connectivity index (χ2v) is 9.14. The van der Waals surface area contributed by atoms with Gasteiger partial charge in [0.05, 0.1) is 17.1 Å². The van der Waals surface area contributed by atoms with E-state index in [4.69, 9.17) is 22.1 Å². The van der Waals surface area contributed by atoms with Crippen LogP contribution in [0.15, 0.2) is 40.5 Å². The highest BCUT2D eigenvalue weighted by Gasteiger charge is 2.45. The summed E-state index contributed by atoms with van der Waals surface area (Å²) < 4.78 is 20.7. The molecule has 1 atom stereocenters. The number of alkyl halides is 1. The topological polar surface area (TPSA) is 111 Å². The predicted molar refractivity (Wildman–Crippen MR) is 144 cm³/mol. The van der Waals surface area contributed by atoms with Crippen LogP contribution in [0.4, 0.5) is 14.9 Å². The maximum absolute atomic E-state index is 15.7. The first-order valence-electron chi connectivity index (χ1n) is 12.4. The summed E-state index contributed by atoms with van der Waals surface area (Å²) in [6.45, 7) is 14.7. The van der Waals surface area contributed by atoms with Crippen LogP contribution in [-0.4, -0.2) is 34.8 Å². The van der Waals surface area contributed by atoms with Crippen LogP contribution in [0.2, 0.25) is 5.02 Å². The zero-order valence-corrected chi connectivity index (χ0v) is 23.5. The third-order valence-corrected chi connectivity index (χ3v) is 5.00. The monoisotopic (exact) mass is 525 g/mol. The highest BCUT2D eigenvalue weighted by atomic mass is 35.5. The first-order valence-corrected chi connectivity index (χ1v) is 12.8. The van der Waals surface area contributed by atoms with Gasteiger partial charge in [0.1, 0.15) is 5.60 Å². The number of hydrogen-bond acceptors (Lipinski definition) is 6. The minimum absolute atomic E-state index is 0.0128. The minimum atomic E-state index is -2.42. The Balaban J connectivity index is 0.00000291. The van der Waals surface area contributed by atoms with Crippen LogP contribution < -0.4 is 11.1 Å². The van der Waals surface area contributed by atoms with E-state index in [1.807, 2.05) is 39.9 Å². The van der Waals surface area contributed by atoms with Gasteiger partial charge in [-0.1, -0.05) is 52.3 Å². The molecular weight excluding hydrogens is 485 g/mol. The van der Waals surface area contributed by atoms with Crippen molar-refractivity contribution in [2.75, 3.05) is 0 Å². The molecule has 9 heteroatoms. The van der Waals surface area contributed by atoms with E-state index in [9.17, 15) is 14.4 Å². The second kappa shape index (κ2) is 15.4. The van der Waals surface area contributed by atoms with E-state index in [0.29, 0.717) is 22.7 Å². The molecule has 0 bridgehead atoms. The molecular formula is C27H41ClFN3O4. The number of alkyl carbamates (subject to hydrolysis) is 1. The van der Waals surface area contributed by atoms with Crippen molar-refractivity contribution in [1.29, 1.82) is 0 Å². The van der Waals surface area contributed by atoms with Crippen molar-refractivity contribution in [3.63, 3.8) is 0 Å². The van der Waals surface area contributed by atoms with Gasteiger partial charge in [0, 0.05) is 23.4 Å². The summed E-state index contributed by atoms with van der Waals surface area (Å²) in [5, 5.41) is 2.39. The molecule has 7 nitrogen and oxygen atoms in total. The summed E-state index contributed by atoms with van der Waals surface area (Å²) in [4.78, 5) is 41.4. The fourth-order valence-corrected chi connectivity index (χ4v) is 3.44. The number of allylic oxidation sites excluding steroid dienone is 2. The minimum Gasteiger partial charge on any atom is -0.444 e. The van der Waals surface area contributed by atoms with Crippen molar-refractivity contribution in [2.24, 2.45) is 10.7 Å². The summed E-state index contributed by atoms with van der Waals surface area (Å²) in [5.41, 5.74) is 3.84. The molecule has 1 aliphatic carbocycles. The standard InChI is InChI=1S/C23H29ClFN3O4.2C2H6/c1-5-7-18(29)19(26)16-10-11-23(25,20(30)28-21(31)32-22(2,3)4)13-17(16)27-15-9-6-8-14(24)12-15;2*1-2/h6,8-9,12H,5,7,10-11,13,26H2,1-4H3,(H,28,30,31);2*1-2H3/b19-16-,27-17?;;. The van der Waals surface area contributed by atoms with Gasteiger partial charge in [-0.25, -0.2) is 9.18 Å². The Morgan fingerprint density at radius 2 is 1.81 bits per heavy atom. The number of aliphatic imine (C=N–C) groups is 1. The van der Waals surface area contributed by atoms with Crippen molar-refractivity contribution in [2.45, 2.75) is 98.8 Å². The number of rotatable bonds is 5. The molecule has 1 aliphatic rings. The van der Waals surface area contributed by atoms with Gasteiger partial charge in [-0.15, -0.1) is 0 Å². The van der Waals surface area contributed by atoms with Crippen molar-refractivity contribution in [1.82, 2.24) is 5.32 Å². The molecule has 0 aromatic heterocycles. The van der Waals surface area contributed by atoms with E-state index in [0.717, 1.165) is 0 Å². The van der Waals surface area contributed by atoms with Crippen molar-refractivity contribution >= 4 is 40.8 Å². The number of amides is 2. The van der Waals surface area contributed by atoms with Crippen LogP contribution >= 0.6 is 11.6 Å². The fourth-order valence-electron chi connectivity index (χ4n) is 3.26. The number of ketones is 1. The maximum atomic E-state index is 15.7. The first kappa shape index (κ1) is 33.3. The van der Waals surface area contributed by atoms with Crippen LogP contribution in [-0.2, 0) is 14.3 Å². The van der Waals surface area contributed by atoms with Crippen LogP contribution in [0.25, 0.3) is 0 Å². The SMILES string of the molecule is CC.CC.CCCC(=O)/C(N)=C1\CCC(F)(C(=O)NC(=O)OC(C)(C)C)CC1=Nc1cccc(Cl)c1. The molecule has 3 N–H and O–H groups in total. The molecule has 1 aromatic rings. The molecule has 0 spiro atoms. The van der Waals surface area contributed by atoms with Crippen LogP contribution in [0.1, 0.15) is 87.5 Å². The number of imide groups is 1. The Bertz CT molecular complexity index is 970. The Labute approximate surface area is 219 Å². The van der Waals surface area contributed by atoms with Crippen molar-refractivity contribution < 1.29 is 23.5 Å².